The molecule has 3 aromatic rings. The Labute approximate surface area is 182 Å². The van der Waals surface area contributed by atoms with E-state index in [1.165, 1.54) is 6.07 Å². The van der Waals surface area contributed by atoms with Crippen molar-refractivity contribution >= 4 is 16.9 Å². The molecule has 2 aliphatic heterocycles. The lowest BCUT2D eigenvalue weighted by Crippen LogP contribution is -2.44. The van der Waals surface area contributed by atoms with Crippen LogP contribution in [-0.2, 0) is 34.7 Å². The molecule has 1 aromatic carbocycles. The number of hydrogen-bond acceptors (Lipinski definition) is 6. The number of esters is 1. The van der Waals surface area contributed by atoms with Gasteiger partial charge in [0.15, 0.2) is 5.60 Å². The van der Waals surface area contributed by atoms with Crippen LogP contribution >= 0.6 is 0 Å². The van der Waals surface area contributed by atoms with E-state index in [1.54, 1.807) is 24.5 Å². The zero-order chi connectivity index (χ0) is 22.5. The molecule has 6 rings (SSSR count). The SMILES string of the molecule is CCC1(O)C(=O)OCc2c1cc1n(c2=O)Cc2c-1nc1cc(F)c(C)c3c1c2CCC3N. The van der Waals surface area contributed by atoms with E-state index in [9.17, 15) is 19.1 Å². The predicted octanol–water partition coefficient (Wildman–Crippen LogP) is 2.47. The van der Waals surface area contributed by atoms with Crippen LogP contribution in [0.4, 0.5) is 4.39 Å². The maximum absolute atomic E-state index is 14.7. The number of rotatable bonds is 1. The Bertz CT molecular complexity index is 1440. The zero-order valence-electron chi connectivity index (χ0n) is 17.8. The summed E-state index contributed by atoms with van der Waals surface area (Å²) in [6, 6.07) is 2.84. The van der Waals surface area contributed by atoms with Gasteiger partial charge in [0.05, 0.1) is 29.0 Å². The lowest BCUT2D eigenvalue weighted by Gasteiger charge is -2.31. The topological polar surface area (TPSA) is 107 Å². The van der Waals surface area contributed by atoms with Gasteiger partial charge in [-0.05, 0) is 48.9 Å². The molecule has 0 bridgehead atoms. The van der Waals surface area contributed by atoms with Crippen LogP contribution in [0.3, 0.4) is 0 Å². The average molecular weight is 435 g/mol. The van der Waals surface area contributed by atoms with Gasteiger partial charge in [0, 0.05) is 28.6 Å². The highest BCUT2D eigenvalue weighted by molar-refractivity contribution is 5.93. The second-order valence-corrected chi connectivity index (χ2v) is 8.96. The third-order valence-corrected chi connectivity index (χ3v) is 7.41. The van der Waals surface area contributed by atoms with Gasteiger partial charge >= 0.3 is 5.97 Å². The van der Waals surface area contributed by atoms with Gasteiger partial charge in [-0.25, -0.2) is 14.2 Å². The third-order valence-electron chi connectivity index (χ3n) is 7.41. The number of carbonyl (C=O) groups excluding carboxylic acids is 1. The van der Waals surface area contributed by atoms with Crippen molar-refractivity contribution in [1.29, 1.82) is 0 Å². The number of pyridine rings is 2. The van der Waals surface area contributed by atoms with Gasteiger partial charge in [-0.2, -0.15) is 0 Å². The van der Waals surface area contributed by atoms with Crippen LogP contribution in [0.1, 0.15) is 59.2 Å². The van der Waals surface area contributed by atoms with Crippen molar-refractivity contribution < 1.29 is 19.0 Å². The second-order valence-electron chi connectivity index (χ2n) is 8.96. The summed E-state index contributed by atoms with van der Waals surface area (Å²) >= 11 is 0. The lowest BCUT2D eigenvalue weighted by molar-refractivity contribution is -0.172. The standard InChI is InChI=1S/C24H22FN3O4/c1-3-24(31)14-6-18-21-12(8-28(18)22(29)13(14)9-32-23(24)30)11-4-5-16(26)19-10(2)15(25)7-17(27-21)20(11)19/h6-7,16,31H,3-5,8-9,26H2,1-2H3. The summed E-state index contributed by atoms with van der Waals surface area (Å²) in [7, 11) is 0. The smallest absolute Gasteiger partial charge is 0.343 e. The van der Waals surface area contributed by atoms with E-state index < -0.39 is 11.6 Å². The summed E-state index contributed by atoms with van der Waals surface area (Å²) in [5.41, 5.74) is 9.65. The Balaban J connectivity index is 1.69. The molecule has 0 radical (unpaired) electrons. The van der Waals surface area contributed by atoms with Crippen LogP contribution in [0.15, 0.2) is 16.9 Å². The molecule has 0 fully saturated rings. The van der Waals surface area contributed by atoms with Crippen LogP contribution in [0, 0.1) is 12.7 Å². The molecule has 0 saturated heterocycles. The van der Waals surface area contributed by atoms with Gasteiger partial charge in [0.1, 0.15) is 12.4 Å². The first-order valence-electron chi connectivity index (χ1n) is 10.8. The van der Waals surface area contributed by atoms with Crippen molar-refractivity contribution in [2.75, 3.05) is 0 Å². The van der Waals surface area contributed by atoms with Crippen molar-refractivity contribution in [3.63, 3.8) is 0 Å². The molecular formula is C24H22FN3O4. The average Bonchev–Trinajstić information content (AvgIpc) is 3.14. The van der Waals surface area contributed by atoms with Crippen molar-refractivity contribution in [3.8, 4) is 11.4 Å². The quantitative estimate of drug-likeness (QED) is 0.445. The number of nitrogens with two attached hydrogens (primary N) is 1. The van der Waals surface area contributed by atoms with E-state index in [2.05, 4.69) is 0 Å². The summed E-state index contributed by atoms with van der Waals surface area (Å²) in [5.74, 6) is -1.11. The summed E-state index contributed by atoms with van der Waals surface area (Å²) in [6.45, 7) is 3.57. The summed E-state index contributed by atoms with van der Waals surface area (Å²) in [4.78, 5) is 30.5. The number of fused-ring (bicyclic) bond motifs is 5. The monoisotopic (exact) mass is 435 g/mol. The fourth-order valence-electron chi connectivity index (χ4n) is 5.62. The number of aromatic nitrogens is 2. The minimum absolute atomic E-state index is 0.0801. The number of aliphatic hydroxyl groups is 1. The summed E-state index contributed by atoms with van der Waals surface area (Å²) in [6.07, 6.45) is 1.47. The second kappa shape index (κ2) is 6.24. The molecule has 4 heterocycles. The van der Waals surface area contributed by atoms with E-state index in [4.69, 9.17) is 15.5 Å². The zero-order valence-corrected chi connectivity index (χ0v) is 17.8. The molecule has 8 heteroatoms. The third kappa shape index (κ3) is 2.23. The van der Waals surface area contributed by atoms with Gasteiger partial charge in [-0.1, -0.05) is 6.92 Å². The van der Waals surface area contributed by atoms with Crippen molar-refractivity contribution in [2.45, 2.75) is 57.9 Å². The van der Waals surface area contributed by atoms with E-state index in [0.29, 0.717) is 41.9 Å². The summed E-state index contributed by atoms with van der Waals surface area (Å²) in [5, 5.41) is 11.9. The first kappa shape index (κ1) is 19.6. The number of nitrogens with zero attached hydrogens (tertiary/aromatic N) is 2. The minimum Gasteiger partial charge on any atom is -0.458 e. The normalized spacial score (nSPS) is 23.0. The van der Waals surface area contributed by atoms with E-state index >= 15 is 0 Å². The highest BCUT2D eigenvalue weighted by Gasteiger charge is 2.45. The molecule has 2 atom stereocenters. The number of halogens is 1. The molecule has 2 unspecified atom stereocenters. The molecule has 1 aliphatic carbocycles. The van der Waals surface area contributed by atoms with Crippen molar-refractivity contribution in [3.05, 3.63) is 61.7 Å². The predicted molar refractivity (Wildman–Crippen MR) is 114 cm³/mol. The molecule has 3 N–H and O–H groups in total. The Morgan fingerprint density at radius 3 is 2.84 bits per heavy atom. The first-order valence-corrected chi connectivity index (χ1v) is 10.8. The van der Waals surface area contributed by atoms with Gasteiger partial charge < -0.3 is 20.1 Å². The highest BCUT2D eigenvalue weighted by Crippen LogP contribution is 2.44. The minimum atomic E-state index is -1.88. The van der Waals surface area contributed by atoms with E-state index in [1.807, 2.05) is 0 Å². The fraction of sp³-hybridized carbons (Fsp3) is 0.375. The highest BCUT2D eigenvalue weighted by atomic mass is 19.1. The molecule has 32 heavy (non-hydrogen) atoms. The number of carbonyl (C=O) groups is 1. The molecular weight excluding hydrogens is 413 g/mol. The Morgan fingerprint density at radius 2 is 2.09 bits per heavy atom. The number of cyclic esters (lactones) is 1. The van der Waals surface area contributed by atoms with Gasteiger partial charge in [-0.3, -0.25) is 4.79 Å². The molecule has 2 aromatic heterocycles. The molecule has 0 amide bonds. The number of benzene rings is 1. The maximum atomic E-state index is 14.7. The van der Waals surface area contributed by atoms with Crippen molar-refractivity contribution in [1.82, 2.24) is 9.55 Å². The molecule has 3 aliphatic rings. The Morgan fingerprint density at radius 1 is 1.31 bits per heavy atom. The molecule has 0 spiro atoms. The largest absolute Gasteiger partial charge is 0.458 e. The Kier molecular flexibility index (Phi) is 3.81. The van der Waals surface area contributed by atoms with Gasteiger partial charge in [-0.15, -0.1) is 0 Å². The number of hydrogen-bond donors (Lipinski definition) is 2. The van der Waals surface area contributed by atoms with Crippen LogP contribution < -0.4 is 11.3 Å². The number of aryl methyl sites for hydroxylation is 1. The van der Waals surface area contributed by atoms with Crippen LogP contribution in [0.2, 0.25) is 0 Å². The molecule has 0 saturated carbocycles. The fourth-order valence-corrected chi connectivity index (χ4v) is 5.62. The number of ether oxygens (including phenoxy) is 1. The maximum Gasteiger partial charge on any atom is 0.343 e. The van der Waals surface area contributed by atoms with Crippen LogP contribution in [0.25, 0.3) is 22.3 Å². The van der Waals surface area contributed by atoms with E-state index in [0.717, 1.165) is 22.1 Å². The van der Waals surface area contributed by atoms with E-state index in [-0.39, 0.29) is 41.6 Å². The van der Waals surface area contributed by atoms with Crippen molar-refractivity contribution in [2.24, 2.45) is 5.73 Å². The first-order chi connectivity index (χ1) is 15.3. The van der Waals surface area contributed by atoms with Crippen LogP contribution in [-0.4, -0.2) is 20.6 Å². The molecule has 164 valence electrons. The van der Waals surface area contributed by atoms with Gasteiger partial charge in [0.2, 0.25) is 0 Å². The van der Waals surface area contributed by atoms with Crippen LogP contribution in [0.5, 0.6) is 0 Å². The summed E-state index contributed by atoms with van der Waals surface area (Å²) < 4.78 is 21.5. The Hall–Kier alpha value is -3.10. The lowest BCUT2D eigenvalue weighted by atomic mass is 9.82. The molecule has 7 nitrogen and oxygen atoms in total. The van der Waals surface area contributed by atoms with Gasteiger partial charge in [0.25, 0.3) is 5.56 Å².